The van der Waals surface area contributed by atoms with Gasteiger partial charge in [0.1, 0.15) is 17.9 Å². The molecule has 2 aromatic carbocycles. The number of carbonyl (C=O) groups excluding carboxylic acids is 2. The van der Waals surface area contributed by atoms with Gasteiger partial charge in [0.05, 0.1) is 12.2 Å². The Hall–Kier alpha value is -3.35. The van der Waals surface area contributed by atoms with Crippen LogP contribution in [-0.4, -0.2) is 29.9 Å². The number of nitrogens with one attached hydrogen (secondary N) is 1. The van der Waals surface area contributed by atoms with Gasteiger partial charge in [-0.3, -0.25) is 9.59 Å². The highest BCUT2D eigenvalue weighted by Crippen LogP contribution is 2.31. The molecule has 7 heteroatoms. The number of fused-ring (bicyclic) bond motifs is 2. The van der Waals surface area contributed by atoms with Crippen LogP contribution in [-0.2, 0) is 15.0 Å². The van der Waals surface area contributed by atoms with Crippen LogP contribution in [0, 0.1) is 0 Å². The molecule has 0 spiro atoms. The summed E-state index contributed by atoms with van der Waals surface area (Å²) in [4.78, 5) is 31.3. The fourth-order valence-corrected chi connectivity index (χ4v) is 3.33. The first-order valence-corrected chi connectivity index (χ1v) is 10.0. The van der Waals surface area contributed by atoms with E-state index in [0.717, 1.165) is 5.69 Å². The van der Waals surface area contributed by atoms with E-state index < -0.39 is 0 Å². The minimum atomic E-state index is -0.219. The molecule has 0 atom stereocenters. The van der Waals surface area contributed by atoms with E-state index in [1.165, 1.54) is 0 Å². The van der Waals surface area contributed by atoms with E-state index in [4.69, 9.17) is 9.15 Å². The lowest BCUT2D eigenvalue weighted by atomic mass is 9.97. The van der Waals surface area contributed by atoms with Crippen LogP contribution in [0.2, 0.25) is 0 Å². The number of benzene rings is 2. The second-order valence-electron chi connectivity index (χ2n) is 8.36. The standard InChI is InChI=1S/C23H25N3O4/c1-23(2,3)22-25-16-14-15(8-9-18(16)30-22)24-20(27)10-11-21(28)26-12-13-29-19-7-5-4-6-17(19)26/h4-9,14H,10-13H2,1-3H3,(H,24,27). The quantitative estimate of drug-likeness (QED) is 0.698. The molecule has 0 fully saturated rings. The van der Waals surface area contributed by atoms with Crippen LogP contribution < -0.4 is 15.0 Å². The first-order chi connectivity index (χ1) is 14.3. The van der Waals surface area contributed by atoms with Crippen LogP contribution in [0.15, 0.2) is 46.9 Å². The van der Waals surface area contributed by atoms with Crippen LogP contribution in [0.4, 0.5) is 11.4 Å². The van der Waals surface area contributed by atoms with Crippen LogP contribution in [0.25, 0.3) is 11.1 Å². The number of anilines is 2. The summed E-state index contributed by atoms with van der Waals surface area (Å²) in [5.41, 5.74) is 2.56. The normalized spacial score (nSPS) is 13.6. The smallest absolute Gasteiger partial charge is 0.227 e. The van der Waals surface area contributed by atoms with Gasteiger partial charge in [0, 0.05) is 23.9 Å². The van der Waals surface area contributed by atoms with Gasteiger partial charge in [-0.1, -0.05) is 32.9 Å². The average Bonchev–Trinajstić information content (AvgIpc) is 3.15. The molecular formula is C23H25N3O4. The zero-order chi connectivity index (χ0) is 21.3. The molecule has 1 aromatic heterocycles. The van der Waals surface area contributed by atoms with Gasteiger partial charge in [-0.05, 0) is 30.3 Å². The molecule has 0 bridgehead atoms. The molecule has 0 saturated heterocycles. The summed E-state index contributed by atoms with van der Waals surface area (Å²) in [6, 6.07) is 12.8. The molecule has 2 amide bonds. The summed E-state index contributed by atoms with van der Waals surface area (Å²) < 4.78 is 11.4. The van der Waals surface area contributed by atoms with Crippen molar-refractivity contribution in [3.8, 4) is 5.75 Å². The van der Waals surface area contributed by atoms with E-state index in [1.807, 2.05) is 45.0 Å². The minimum Gasteiger partial charge on any atom is -0.490 e. The van der Waals surface area contributed by atoms with Crippen molar-refractivity contribution in [2.24, 2.45) is 0 Å². The summed E-state index contributed by atoms with van der Waals surface area (Å²) in [6.07, 6.45) is 0.225. The second kappa shape index (κ2) is 7.82. The lowest BCUT2D eigenvalue weighted by Gasteiger charge is -2.29. The van der Waals surface area contributed by atoms with Gasteiger partial charge in [-0.25, -0.2) is 4.98 Å². The molecule has 1 aliphatic heterocycles. The Balaban J connectivity index is 1.38. The van der Waals surface area contributed by atoms with Crippen LogP contribution in [0.5, 0.6) is 5.75 Å². The van der Waals surface area contributed by atoms with Gasteiger partial charge in [-0.2, -0.15) is 0 Å². The first-order valence-electron chi connectivity index (χ1n) is 10.0. The molecule has 156 valence electrons. The molecule has 3 aromatic rings. The van der Waals surface area contributed by atoms with Crippen molar-refractivity contribution < 1.29 is 18.7 Å². The molecule has 2 heterocycles. The Morgan fingerprint density at radius 2 is 1.93 bits per heavy atom. The van der Waals surface area contributed by atoms with Crippen LogP contribution in [0.1, 0.15) is 39.5 Å². The molecule has 7 nitrogen and oxygen atoms in total. The highest BCUT2D eigenvalue weighted by molar-refractivity contribution is 5.99. The third-order valence-corrected chi connectivity index (χ3v) is 4.91. The maximum atomic E-state index is 12.7. The number of hydrogen-bond acceptors (Lipinski definition) is 5. The maximum absolute atomic E-state index is 12.7. The number of aromatic nitrogens is 1. The Morgan fingerprint density at radius 3 is 2.73 bits per heavy atom. The molecule has 4 rings (SSSR count). The van der Waals surface area contributed by atoms with Crippen molar-refractivity contribution >= 4 is 34.3 Å². The summed E-state index contributed by atoms with van der Waals surface area (Å²) >= 11 is 0. The summed E-state index contributed by atoms with van der Waals surface area (Å²) in [5.74, 6) is 1.03. The number of oxazole rings is 1. The van der Waals surface area contributed by atoms with Gasteiger partial charge in [0.2, 0.25) is 17.7 Å². The third-order valence-electron chi connectivity index (χ3n) is 4.91. The van der Waals surface area contributed by atoms with Crippen LogP contribution in [0.3, 0.4) is 0 Å². The van der Waals surface area contributed by atoms with Gasteiger partial charge in [0.15, 0.2) is 5.58 Å². The lowest BCUT2D eigenvalue weighted by molar-refractivity contribution is -0.122. The van der Waals surface area contributed by atoms with Crippen molar-refractivity contribution in [3.05, 3.63) is 48.4 Å². The largest absolute Gasteiger partial charge is 0.490 e. The van der Waals surface area contributed by atoms with Crippen molar-refractivity contribution in [1.82, 2.24) is 4.98 Å². The number of carbonyl (C=O) groups is 2. The molecular weight excluding hydrogens is 382 g/mol. The third kappa shape index (κ3) is 4.15. The maximum Gasteiger partial charge on any atom is 0.227 e. The fraction of sp³-hybridized carbons (Fsp3) is 0.348. The zero-order valence-electron chi connectivity index (χ0n) is 17.4. The second-order valence-corrected chi connectivity index (χ2v) is 8.36. The molecule has 30 heavy (non-hydrogen) atoms. The Kier molecular flexibility index (Phi) is 5.20. The predicted octanol–water partition coefficient (Wildman–Crippen LogP) is 4.27. The first kappa shape index (κ1) is 19.9. The van der Waals surface area contributed by atoms with Gasteiger partial charge >= 0.3 is 0 Å². The van der Waals surface area contributed by atoms with Crippen molar-refractivity contribution in [2.45, 2.75) is 39.0 Å². The van der Waals surface area contributed by atoms with Crippen molar-refractivity contribution in [2.75, 3.05) is 23.4 Å². The van der Waals surface area contributed by atoms with Crippen molar-refractivity contribution in [3.63, 3.8) is 0 Å². The van der Waals surface area contributed by atoms with E-state index in [0.29, 0.717) is 41.6 Å². The Morgan fingerprint density at radius 1 is 1.13 bits per heavy atom. The number of ether oxygens (including phenoxy) is 1. The van der Waals surface area contributed by atoms with E-state index in [2.05, 4.69) is 10.3 Å². The van der Waals surface area contributed by atoms with E-state index in [1.54, 1.807) is 23.1 Å². The highest BCUT2D eigenvalue weighted by atomic mass is 16.5. The molecule has 0 unspecified atom stereocenters. The highest BCUT2D eigenvalue weighted by Gasteiger charge is 2.24. The molecule has 1 N–H and O–H groups in total. The number of para-hydroxylation sites is 2. The molecule has 0 aliphatic carbocycles. The summed E-state index contributed by atoms with van der Waals surface area (Å²) in [6.45, 7) is 7.03. The number of hydrogen-bond donors (Lipinski definition) is 1. The predicted molar refractivity (Wildman–Crippen MR) is 115 cm³/mol. The minimum absolute atomic E-state index is 0.0947. The molecule has 0 radical (unpaired) electrons. The van der Waals surface area contributed by atoms with E-state index >= 15 is 0 Å². The number of nitrogens with zero attached hydrogens (tertiary/aromatic N) is 2. The number of amides is 2. The average molecular weight is 407 g/mol. The van der Waals surface area contributed by atoms with E-state index in [9.17, 15) is 9.59 Å². The monoisotopic (exact) mass is 407 g/mol. The van der Waals surface area contributed by atoms with Crippen molar-refractivity contribution in [1.29, 1.82) is 0 Å². The van der Waals surface area contributed by atoms with Gasteiger partial charge in [0.25, 0.3) is 0 Å². The summed E-state index contributed by atoms with van der Waals surface area (Å²) in [7, 11) is 0. The zero-order valence-corrected chi connectivity index (χ0v) is 17.4. The number of rotatable bonds is 4. The summed E-state index contributed by atoms with van der Waals surface area (Å²) in [5, 5.41) is 2.84. The molecule has 0 saturated carbocycles. The fourth-order valence-electron chi connectivity index (χ4n) is 3.33. The lowest BCUT2D eigenvalue weighted by Crippen LogP contribution is -2.38. The topological polar surface area (TPSA) is 84.7 Å². The van der Waals surface area contributed by atoms with Gasteiger partial charge < -0.3 is 19.4 Å². The molecule has 1 aliphatic rings. The SMILES string of the molecule is CC(C)(C)c1nc2cc(NC(=O)CCC(=O)N3CCOc4ccccc43)ccc2o1. The van der Waals surface area contributed by atoms with Gasteiger partial charge in [-0.15, -0.1) is 0 Å². The Bertz CT molecular complexity index is 1100. The van der Waals surface area contributed by atoms with E-state index in [-0.39, 0.29) is 30.1 Å². The Labute approximate surface area is 175 Å². The van der Waals surface area contributed by atoms with Crippen LogP contribution >= 0.6 is 0 Å².